The van der Waals surface area contributed by atoms with E-state index in [1.165, 1.54) is 0 Å². The van der Waals surface area contributed by atoms with Crippen molar-refractivity contribution >= 4 is 5.97 Å². The highest BCUT2D eigenvalue weighted by Gasteiger charge is 2.24. The predicted molar refractivity (Wildman–Crippen MR) is 84.0 cm³/mol. The quantitative estimate of drug-likeness (QED) is 0.547. The van der Waals surface area contributed by atoms with Crippen molar-refractivity contribution in [1.82, 2.24) is 0 Å². The SMILES string of the molecule is CCCCOc1ccc(C(=O)OC2CCC(CF)CC2)cc1. The Morgan fingerprint density at radius 2 is 1.86 bits per heavy atom. The summed E-state index contributed by atoms with van der Waals surface area (Å²) in [6, 6.07) is 7.06. The van der Waals surface area contributed by atoms with Gasteiger partial charge in [0.2, 0.25) is 0 Å². The smallest absolute Gasteiger partial charge is 0.338 e. The highest BCUT2D eigenvalue weighted by atomic mass is 19.1. The van der Waals surface area contributed by atoms with Crippen LogP contribution in [0.3, 0.4) is 0 Å². The van der Waals surface area contributed by atoms with E-state index in [2.05, 4.69) is 6.92 Å². The Balaban J connectivity index is 1.80. The third-order valence-electron chi connectivity index (χ3n) is 4.14. The number of carbonyl (C=O) groups is 1. The van der Waals surface area contributed by atoms with Crippen molar-refractivity contribution in [2.24, 2.45) is 5.92 Å². The zero-order chi connectivity index (χ0) is 15.8. The highest BCUT2D eigenvalue weighted by Crippen LogP contribution is 2.27. The van der Waals surface area contributed by atoms with Gasteiger partial charge in [0, 0.05) is 0 Å². The van der Waals surface area contributed by atoms with Crippen LogP contribution in [0.25, 0.3) is 0 Å². The van der Waals surface area contributed by atoms with Crippen LogP contribution in [-0.2, 0) is 4.74 Å². The second-order valence-corrected chi connectivity index (χ2v) is 5.93. The molecule has 0 heterocycles. The van der Waals surface area contributed by atoms with E-state index in [0.29, 0.717) is 12.2 Å². The van der Waals surface area contributed by atoms with E-state index in [0.717, 1.165) is 44.3 Å². The Morgan fingerprint density at radius 3 is 2.45 bits per heavy atom. The highest BCUT2D eigenvalue weighted by molar-refractivity contribution is 5.89. The number of carbonyl (C=O) groups excluding carboxylic acids is 1. The number of esters is 1. The second kappa shape index (κ2) is 8.76. The van der Waals surface area contributed by atoms with Crippen LogP contribution < -0.4 is 4.74 Å². The van der Waals surface area contributed by atoms with Crippen molar-refractivity contribution in [2.75, 3.05) is 13.3 Å². The lowest BCUT2D eigenvalue weighted by atomic mass is 9.88. The number of halogens is 1. The van der Waals surface area contributed by atoms with E-state index >= 15 is 0 Å². The molecule has 0 bridgehead atoms. The minimum atomic E-state index is -0.302. The maximum Gasteiger partial charge on any atom is 0.338 e. The predicted octanol–water partition coefficient (Wildman–Crippen LogP) is 4.55. The summed E-state index contributed by atoms with van der Waals surface area (Å²) in [4.78, 5) is 12.1. The van der Waals surface area contributed by atoms with Crippen LogP contribution in [0.15, 0.2) is 24.3 Å². The van der Waals surface area contributed by atoms with Gasteiger partial charge >= 0.3 is 5.97 Å². The third-order valence-corrected chi connectivity index (χ3v) is 4.14. The number of alkyl halides is 1. The molecule has 1 aromatic carbocycles. The zero-order valence-electron chi connectivity index (χ0n) is 13.2. The van der Waals surface area contributed by atoms with E-state index in [-0.39, 0.29) is 24.7 Å². The summed E-state index contributed by atoms with van der Waals surface area (Å²) in [5, 5.41) is 0. The molecule has 1 fully saturated rings. The van der Waals surface area contributed by atoms with Crippen LogP contribution in [-0.4, -0.2) is 25.4 Å². The van der Waals surface area contributed by atoms with Crippen molar-refractivity contribution in [1.29, 1.82) is 0 Å². The molecule has 0 aliphatic heterocycles. The zero-order valence-corrected chi connectivity index (χ0v) is 13.2. The number of hydrogen-bond donors (Lipinski definition) is 0. The summed E-state index contributed by atoms with van der Waals surface area (Å²) >= 11 is 0. The number of unbranched alkanes of at least 4 members (excludes halogenated alkanes) is 1. The molecule has 122 valence electrons. The molecule has 4 heteroatoms. The number of benzene rings is 1. The molecular weight excluding hydrogens is 283 g/mol. The maximum absolute atomic E-state index is 12.6. The maximum atomic E-state index is 12.6. The monoisotopic (exact) mass is 308 g/mol. The fraction of sp³-hybridized carbons (Fsp3) is 0.611. The van der Waals surface area contributed by atoms with E-state index in [1.807, 2.05) is 0 Å². The molecule has 3 nitrogen and oxygen atoms in total. The van der Waals surface area contributed by atoms with Crippen molar-refractivity contribution in [3.8, 4) is 5.75 Å². The summed E-state index contributed by atoms with van der Waals surface area (Å²) in [5.74, 6) is 0.617. The Hall–Kier alpha value is -1.58. The molecule has 0 spiro atoms. The van der Waals surface area contributed by atoms with E-state index in [9.17, 15) is 9.18 Å². The summed E-state index contributed by atoms with van der Waals surface area (Å²) in [6.45, 7) is 2.54. The normalized spacial score (nSPS) is 21.4. The molecule has 22 heavy (non-hydrogen) atoms. The lowest BCUT2D eigenvalue weighted by Crippen LogP contribution is -2.25. The van der Waals surface area contributed by atoms with Gasteiger partial charge in [-0.15, -0.1) is 0 Å². The van der Waals surface area contributed by atoms with Crippen LogP contribution in [0, 0.1) is 5.92 Å². The van der Waals surface area contributed by atoms with Gasteiger partial charge in [-0.3, -0.25) is 4.39 Å². The van der Waals surface area contributed by atoms with Crippen molar-refractivity contribution in [3.05, 3.63) is 29.8 Å². The Bertz CT molecular complexity index is 450. The van der Waals surface area contributed by atoms with Gasteiger partial charge in [-0.25, -0.2) is 4.79 Å². The van der Waals surface area contributed by atoms with Gasteiger partial charge in [0.05, 0.1) is 18.8 Å². The van der Waals surface area contributed by atoms with Gasteiger partial charge < -0.3 is 9.47 Å². The van der Waals surface area contributed by atoms with Gasteiger partial charge in [0.1, 0.15) is 11.9 Å². The summed E-state index contributed by atoms with van der Waals surface area (Å²) in [7, 11) is 0. The third kappa shape index (κ3) is 5.00. The molecule has 1 aliphatic rings. The first-order chi connectivity index (χ1) is 10.7. The molecule has 0 amide bonds. The molecule has 1 aromatic rings. The lowest BCUT2D eigenvalue weighted by molar-refractivity contribution is 0.0154. The Morgan fingerprint density at radius 1 is 1.18 bits per heavy atom. The largest absolute Gasteiger partial charge is 0.494 e. The summed E-state index contributed by atoms with van der Waals surface area (Å²) < 4.78 is 23.6. The first kappa shape index (κ1) is 16.8. The minimum Gasteiger partial charge on any atom is -0.494 e. The standard InChI is InChI=1S/C18H25FO3/c1-2-3-12-21-16-10-6-15(7-11-16)18(20)22-17-8-4-14(13-19)5-9-17/h6-7,10-11,14,17H,2-5,8-9,12-13H2,1H3. The number of hydrogen-bond acceptors (Lipinski definition) is 3. The van der Waals surface area contributed by atoms with Gasteiger partial charge in [-0.05, 0) is 62.3 Å². The van der Waals surface area contributed by atoms with Crippen LogP contribution in [0.5, 0.6) is 5.75 Å². The fourth-order valence-electron chi connectivity index (χ4n) is 2.65. The van der Waals surface area contributed by atoms with E-state index in [4.69, 9.17) is 9.47 Å². The van der Waals surface area contributed by atoms with Crippen LogP contribution >= 0.6 is 0 Å². The van der Waals surface area contributed by atoms with Gasteiger partial charge in [0.25, 0.3) is 0 Å². The van der Waals surface area contributed by atoms with Gasteiger partial charge in [-0.2, -0.15) is 0 Å². The number of rotatable bonds is 7. The van der Waals surface area contributed by atoms with Crippen molar-refractivity contribution in [3.63, 3.8) is 0 Å². The van der Waals surface area contributed by atoms with Crippen molar-refractivity contribution < 1.29 is 18.7 Å². The molecule has 1 saturated carbocycles. The molecule has 0 radical (unpaired) electrons. The minimum absolute atomic E-state index is 0.0734. The number of ether oxygens (including phenoxy) is 2. The molecule has 2 rings (SSSR count). The Kier molecular flexibility index (Phi) is 6.69. The molecule has 0 aromatic heterocycles. The average Bonchev–Trinajstić information content (AvgIpc) is 2.56. The second-order valence-electron chi connectivity index (χ2n) is 5.93. The first-order valence-electron chi connectivity index (χ1n) is 8.22. The van der Waals surface area contributed by atoms with E-state index < -0.39 is 0 Å². The van der Waals surface area contributed by atoms with E-state index in [1.54, 1.807) is 24.3 Å². The van der Waals surface area contributed by atoms with Crippen LogP contribution in [0.2, 0.25) is 0 Å². The van der Waals surface area contributed by atoms with Crippen LogP contribution in [0.1, 0.15) is 55.8 Å². The molecule has 0 N–H and O–H groups in total. The van der Waals surface area contributed by atoms with Crippen molar-refractivity contribution in [2.45, 2.75) is 51.6 Å². The molecule has 0 unspecified atom stereocenters. The average molecular weight is 308 g/mol. The molecule has 0 atom stereocenters. The van der Waals surface area contributed by atoms with Gasteiger partial charge in [0.15, 0.2) is 0 Å². The molecular formula is C18H25FO3. The summed E-state index contributed by atoms with van der Waals surface area (Å²) in [5.41, 5.74) is 0.537. The lowest BCUT2D eigenvalue weighted by Gasteiger charge is -2.26. The molecule has 0 saturated heterocycles. The van der Waals surface area contributed by atoms with Crippen LogP contribution in [0.4, 0.5) is 4.39 Å². The topological polar surface area (TPSA) is 35.5 Å². The molecule has 1 aliphatic carbocycles. The Labute approximate surface area is 131 Å². The first-order valence-corrected chi connectivity index (χ1v) is 8.22. The fourth-order valence-corrected chi connectivity index (χ4v) is 2.65. The van der Waals surface area contributed by atoms with Gasteiger partial charge in [-0.1, -0.05) is 13.3 Å². The summed E-state index contributed by atoms with van der Waals surface area (Å²) in [6.07, 6.45) is 5.17.